The van der Waals surface area contributed by atoms with Gasteiger partial charge in [-0.3, -0.25) is 4.40 Å². The third-order valence-electron chi connectivity index (χ3n) is 2.88. The van der Waals surface area contributed by atoms with E-state index in [2.05, 4.69) is 25.6 Å². The molecule has 0 atom stereocenters. The number of nitrogens with one attached hydrogen (secondary N) is 1. The summed E-state index contributed by atoms with van der Waals surface area (Å²) in [5, 5.41) is 1.74. The smallest absolute Gasteiger partial charge is 0.260 e. The fourth-order valence-corrected chi connectivity index (χ4v) is 4.16. The Morgan fingerprint density at radius 1 is 1.33 bits per heavy atom. The lowest BCUT2D eigenvalue weighted by atomic mass is 10.2. The highest BCUT2D eigenvalue weighted by molar-refractivity contribution is 9.10. The molecule has 0 saturated carbocycles. The molecule has 3 rings (SSSR count). The van der Waals surface area contributed by atoms with E-state index in [1.807, 2.05) is 24.3 Å². The maximum absolute atomic E-state index is 12.4. The van der Waals surface area contributed by atoms with Gasteiger partial charge in [-0.2, -0.15) is 0 Å². The van der Waals surface area contributed by atoms with Crippen molar-refractivity contribution in [2.45, 2.75) is 11.6 Å². The van der Waals surface area contributed by atoms with Gasteiger partial charge in [0.15, 0.2) is 15.8 Å². The van der Waals surface area contributed by atoms with Crippen LogP contribution in [0.2, 0.25) is 0 Å². The number of hydrogen-bond donors (Lipinski definition) is 2. The van der Waals surface area contributed by atoms with Crippen LogP contribution in [0.25, 0.3) is 4.96 Å². The molecule has 0 bridgehead atoms. The van der Waals surface area contributed by atoms with Gasteiger partial charge < -0.3 is 5.73 Å². The molecule has 0 aliphatic rings. The number of nitrogens with zero attached hydrogens (tertiary/aromatic N) is 2. The number of nitrogen functional groups attached to an aromatic ring is 1. The van der Waals surface area contributed by atoms with Crippen molar-refractivity contribution in [1.29, 1.82) is 0 Å². The van der Waals surface area contributed by atoms with Crippen molar-refractivity contribution in [2.75, 3.05) is 5.73 Å². The second-order valence-corrected chi connectivity index (χ2v) is 7.78. The highest BCUT2D eigenvalue weighted by Crippen LogP contribution is 2.23. The number of imidazole rings is 1. The molecule has 0 radical (unpaired) electrons. The number of hydrogen-bond acceptors (Lipinski definition) is 5. The largest absolute Gasteiger partial charge is 0.381 e. The fourth-order valence-electron chi connectivity index (χ4n) is 1.90. The average molecular weight is 387 g/mol. The molecule has 0 spiro atoms. The Morgan fingerprint density at radius 3 is 2.76 bits per heavy atom. The fraction of sp³-hybridized carbons (Fsp3) is 0.0833. The summed E-state index contributed by atoms with van der Waals surface area (Å²) in [6.45, 7) is 0.187. The lowest BCUT2D eigenvalue weighted by molar-refractivity contribution is 0.577. The molecule has 2 heterocycles. The number of aromatic nitrogens is 2. The molecule has 2 aromatic heterocycles. The Kier molecular flexibility index (Phi) is 3.74. The quantitative estimate of drug-likeness (QED) is 0.719. The number of thiazole rings is 1. The Morgan fingerprint density at radius 2 is 2.05 bits per heavy atom. The van der Waals surface area contributed by atoms with E-state index in [0.717, 1.165) is 10.0 Å². The topological polar surface area (TPSA) is 89.5 Å². The number of sulfonamides is 1. The molecule has 1 aromatic carbocycles. The van der Waals surface area contributed by atoms with Crippen molar-refractivity contribution in [3.63, 3.8) is 0 Å². The van der Waals surface area contributed by atoms with E-state index >= 15 is 0 Å². The SMILES string of the molecule is Nc1nc2sccn2c1S(=O)(=O)NCc1ccc(Br)cc1. The number of fused-ring (bicyclic) bond motifs is 1. The maximum atomic E-state index is 12.4. The van der Waals surface area contributed by atoms with Crippen LogP contribution >= 0.6 is 27.3 Å². The summed E-state index contributed by atoms with van der Waals surface area (Å²) >= 11 is 4.66. The van der Waals surface area contributed by atoms with E-state index in [9.17, 15) is 8.42 Å². The molecule has 21 heavy (non-hydrogen) atoms. The molecule has 110 valence electrons. The number of anilines is 1. The minimum absolute atomic E-state index is 0.00477. The second kappa shape index (κ2) is 5.41. The van der Waals surface area contributed by atoms with Gasteiger partial charge in [0.2, 0.25) is 0 Å². The van der Waals surface area contributed by atoms with Crippen LogP contribution in [-0.4, -0.2) is 17.8 Å². The standard InChI is InChI=1S/C12H11BrN4O2S2/c13-9-3-1-8(2-4-9)7-15-21(18,19)11-10(14)16-12-17(11)5-6-20-12/h1-6,15H,7,14H2. The van der Waals surface area contributed by atoms with Crippen molar-refractivity contribution in [1.82, 2.24) is 14.1 Å². The molecule has 3 N–H and O–H groups in total. The zero-order chi connectivity index (χ0) is 15.0. The van der Waals surface area contributed by atoms with Crippen LogP contribution in [0.3, 0.4) is 0 Å². The summed E-state index contributed by atoms with van der Waals surface area (Å²) in [6, 6.07) is 7.39. The Labute approximate surface area is 133 Å². The van der Waals surface area contributed by atoms with Crippen LogP contribution in [0.5, 0.6) is 0 Å². The van der Waals surface area contributed by atoms with Gasteiger partial charge in [-0.1, -0.05) is 28.1 Å². The number of halogens is 1. The summed E-state index contributed by atoms with van der Waals surface area (Å²) in [6.07, 6.45) is 1.64. The van der Waals surface area contributed by atoms with E-state index in [1.54, 1.807) is 11.6 Å². The van der Waals surface area contributed by atoms with E-state index in [-0.39, 0.29) is 17.4 Å². The first-order valence-electron chi connectivity index (χ1n) is 5.92. The summed E-state index contributed by atoms with van der Waals surface area (Å²) < 4.78 is 29.8. The average Bonchev–Trinajstić information content (AvgIpc) is 2.97. The number of nitrogens with two attached hydrogens (primary N) is 1. The molecule has 3 aromatic rings. The Hall–Kier alpha value is -1.42. The van der Waals surface area contributed by atoms with Gasteiger partial charge in [0.1, 0.15) is 0 Å². The molecule has 0 aliphatic carbocycles. The molecule has 9 heteroatoms. The summed E-state index contributed by atoms with van der Waals surface area (Å²) in [7, 11) is -3.73. The first kappa shape index (κ1) is 14.5. The summed E-state index contributed by atoms with van der Waals surface area (Å²) in [5.41, 5.74) is 6.58. The number of benzene rings is 1. The van der Waals surface area contributed by atoms with Crippen LogP contribution < -0.4 is 10.5 Å². The van der Waals surface area contributed by atoms with Gasteiger partial charge >= 0.3 is 0 Å². The van der Waals surface area contributed by atoms with Crippen LogP contribution in [0.4, 0.5) is 5.82 Å². The van der Waals surface area contributed by atoms with Crippen LogP contribution in [0, 0.1) is 0 Å². The highest BCUT2D eigenvalue weighted by atomic mass is 79.9. The van der Waals surface area contributed by atoms with Crippen LogP contribution in [0.15, 0.2) is 45.3 Å². The predicted octanol–water partition coefficient (Wildman–Crippen LogP) is 2.22. The molecule has 0 fully saturated rings. The van der Waals surface area contributed by atoms with E-state index in [4.69, 9.17) is 5.73 Å². The molecule has 0 aliphatic heterocycles. The van der Waals surface area contributed by atoms with Gasteiger partial charge in [0, 0.05) is 22.6 Å². The monoisotopic (exact) mass is 386 g/mol. The molecule has 0 saturated heterocycles. The molecule has 0 unspecified atom stereocenters. The van der Waals surface area contributed by atoms with Crippen molar-refractivity contribution in [3.8, 4) is 0 Å². The normalized spacial score (nSPS) is 12.0. The summed E-state index contributed by atoms with van der Waals surface area (Å²) in [4.78, 5) is 4.59. The molecule has 6 nitrogen and oxygen atoms in total. The van der Waals surface area contributed by atoms with Gasteiger partial charge in [-0.15, -0.1) is 11.3 Å². The molecule has 0 amide bonds. The zero-order valence-corrected chi connectivity index (χ0v) is 13.9. The van der Waals surface area contributed by atoms with Crippen LogP contribution in [0.1, 0.15) is 5.56 Å². The van der Waals surface area contributed by atoms with Crippen LogP contribution in [-0.2, 0) is 16.6 Å². The van der Waals surface area contributed by atoms with E-state index < -0.39 is 10.0 Å². The van der Waals surface area contributed by atoms with Gasteiger partial charge in [0.25, 0.3) is 10.0 Å². The molecular formula is C12H11BrN4O2S2. The maximum Gasteiger partial charge on any atom is 0.260 e. The van der Waals surface area contributed by atoms with E-state index in [0.29, 0.717) is 4.96 Å². The lowest BCUT2D eigenvalue weighted by Gasteiger charge is -2.06. The molecular weight excluding hydrogens is 376 g/mol. The second-order valence-electron chi connectivity index (χ2n) is 4.31. The first-order valence-corrected chi connectivity index (χ1v) is 9.08. The minimum atomic E-state index is -3.73. The third kappa shape index (κ3) is 2.82. The van der Waals surface area contributed by atoms with Gasteiger partial charge in [0.05, 0.1) is 0 Å². The van der Waals surface area contributed by atoms with Crippen molar-refractivity contribution in [2.24, 2.45) is 0 Å². The van der Waals surface area contributed by atoms with E-state index in [1.165, 1.54) is 15.7 Å². The third-order valence-corrected chi connectivity index (χ3v) is 5.60. The predicted molar refractivity (Wildman–Crippen MR) is 85.6 cm³/mol. The van der Waals surface area contributed by atoms with Crippen molar-refractivity contribution < 1.29 is 8.42 Å². The van der Waals surface area contributed by atoms with Crippen molar-refractivity contribution in [3.05, 3.63) is 45.9 Å². The summed E-state index contributed by atoms with van der Waals surface area (Å²) in [5.74, 6) is 0.00477. The Bertz CT molecular complexity index is 884. The van der Waals surface area contributed by atoms with Gasteiger partial charge in [-0.05, 0) is 17.7 Å². The van der Waals surface area contributed by atoms with Gasteiger partial charge in [-0.25, -0.2) is 18.1 Å². The first-order chi connectivity index (χ1) is 9.97. The minimum Gasteiger partial charge on any atom is -0.381 e. The zero-order valence-electron chi connectivity index (χ0n) is 10.7. The number of rotatable bonds is 4. The highest BCUT2D eigenvalue weighted by Gasteiger charge is 2.24. The lowest BCUT2D eigenvalue weighted by Crippen LogP contribution is -2.25. The van der Waals surface area contributed by atoms with Crippen molar-refractivity contribution >= 4 is 48.1 Å². The Balaban J connectivity index is 1.88.